The number of rotatable bonds is 9. The van der Waals surface area contributed by atoms with E-state index in [9.17, 15) is 16.8 Å². The van der Waals surface area contributed by atoms with Crippen LogP contribution in [0.25, 0.3) is 0 Å². The van der Waals surface area contributed by atoms with Crippen molar-refractivity contribution in [3.63, 3.8) is 0 Å². The number of benzene rings is 2. The summed E-state index contributed by atoms with van der Waals surface area (Å²) in [4.78, 5) is 0.280. The lowest BCUT2D eigenvalue weighted by atomic mass is 10.2. The number of ether oxygens (including phenoxy) is 1. The molecule has 1 saturated heterocycles. The zero-order valence-electron chi connectivity index (χ0n) is 20.4. The molecule has 35 heavy (non-hydrogen) atoms. The first-order chi connectivity index (χ1) is 16.8. The first-order valence-electron chi connectivity index (χ1n) is 12.7. The van der Waals surface area contributed by atoms with Crippen LogP contribution in [-0.4, -0.2) is 51.2 Å². The Bertz CT molecular complexity index is 1170. The average Bonchev–Trinajstić information content (AvgIpc) is 3.24. The molecule has 0 unspecified atom stereocenters. The highest BCUT2D eigenvalue weighted by atomic mass is 32.2. The molecular weight excluding hydrogens is 484 g/mol. The molecule has 0 spiro atoms. The number of hydrogen-bond acceptors (Lipinski definition) is 5. The van der Waals surface area contributed by atoms with Crippen molar-refractivity contribution in [2.45, 2.75) is 80.7 Å². The van der Waals surface area contributed by atoms with Gasteiger partial charge in [0, 0.05) is 25.7 Å². The van der Waals surface area contributed by atoms with Gasteiger partial charge < -0.3 is 4.74 Å². The van der Waals surface area contributed by atoms with E-state index in [0.29, 0.717) is 19.7 Å². The van der Waals surface area contributed by atoms with Crippen LogP contribution in [0.4, 0.5) is 0 Å². The SMILES string of the molecule is CCOc1ccc(CN(C2CCCC2)S(=O)(=O)c2ccc(S(=O)(=O)N3CCCCCC3)cc2)cc1. The van der Waals surface area contributed by atoms with Crippen molar-refractivity contribution in [1.82, 2.24) is 8.61 Å². The second kappa shape index (κ2) is 11.4. The zero-order chi connectivity index (χ0) is 24.9. The second-order valence-corrected chi connectivity index (χ2v) is 13.2. The summed E-state index contributed by atoms with van der Waals surface area (Å²) < 4.78 is 62.3. The van der Waals surface area contributed by atoms with E-state index in [1.54, 1.807) is 4.31 Å². The molecule has 2 aromatic carbocycles. The van der Waals surface area contributed by atoms with Gasteiger partial charge in [-0.1, -0.05) is 37.8 Å². The summed E-state index contributed by atoms with van der Waals surface area (Å²) in [6.07, 6.45) is 7.46. The second-order valence-electron chi connectivity index (χ2n) is 9.36. The van der Waals surface area contributed by atoms with Crippen LogP contribution in [0.1, 0.15) is 63.9 Å². The third-order valence-corrected chi connectivity index (χ3v) is 10.8. The highest BCUT2D eigenvalue weighted by Gasteiger charge is 2.34. The Labute approximate surface area is 210 Å². The van der Waals surface area contributed by atoms with Gasteiger partial charge in [-0.25, -0.2) is 16.8 Å². The third kappa shape index (κ3) is 6.07. The average molecular weight is 521 g/mol. The third-order valence-electron chi connectivity index (χ3n) is 6.94. The van der Waals surface area contributed by atoms with E-state index in [1.807, 2.05) is 31.2 Å². The minimum Gasteiger partial charge on any atom is -0.494 e. The summed E-state index contributed by atoms with van der Waals surface area (Å²) in [5.41, 5.74) is 0.893. The van der Waals surface area contributed by atoms with Crippen molar-refractivity contribution in [3.05, 3.63) is 54.1 Å². The largest absolute Gasteiger partial charge is 0.494 e. The van der Waals surface area contributed by atoms with E-state index in [4.69, 9.17) is 4.74 Å². The Morgan fingerprint density at radius 1 is 0.800 bits per heavy atom. The lowest BCUT2D eigenvalue weighted by Gasteiger charge is -2.28. The molecule has 1 aliphatic carbocycles. The molecule has 7 nitrogen and oxygen atoms in total. The summed E-state index contributed by atoms with van der Waals surface area (Å²) in [5, 5.41) is 0. The van der Waals surface area contributed by atoms with Crippen molar-refractivity contribution < 1.29 is 21.6 Å². The smallest absolute Gasteiger partial charge is 0.243 e. The fourth-order valence-corrected chi connectivity index (χ4v) is 8.18. The van der Waals surface area contributed by atoms with Gasteiger partial charge in [0.05, 0.1) is 16.4 Å². The topological polar surface area (TPSA) is 84.0 Å². The molecule has 1 aliphatic heterocycles. The molecule has 2 aliphatic rings. The molecule has 0 amide bonds. The van der Waals surface area contributed by atoms with Crippen LogP contribution < -0.4 is 4.74 Å². The summed E-state index contributed by atoms with van der Waals surface area (Å²) in [6, 6.07) is 13.2. The highest BCUT2D eigenvalue weighted by Crippen LogP contribution is 2.31. The minimum absolute atomic E-state index is 0.0629. The summed E-state index contributed by atoms with van der Waals surface area (Å²) >= 11 is 0. The van der Waals surface area contributed by atoms with Gasteiger partial charge in [0.2, 0.25) is 20.0 Å². The molecule has 192 valence electrons. The van der Waals surface area contributed by atoms with E-state index in [-0.39, 0.29) is 22.4 Å². The molecule has 2 fully saturated rings. The van der Waals surface area contributed by atoms with E-state index in [0.717, 1.165) is 62.7 Å². The molecule has 0 bridgehead atoms. The lowest BCUT2D eigenvalue weighted by Crippen LogP contribution is -2.38. The molecule has 9 heteroatoms. The van der Waals surface area contributed by atoms with E-state index >= 15 is 0 Å². The van der Waals surface area contributed by atoms with Gasteiger partial charge in [0.15, 0.2) is 0 Å². The highest BCUT2D eigenvalue weighted by molar-refractivity contribution is 7.89. The zero-order valence-corrected chi connectivity index (χ0v) is 22.1. The first-order valence-corrected chi connectivity index (χ1v) is 15.5. The first kappa shape index (κ1) is 26.1. The Kier molecular flexibility index (Phi) is 8.52. The van der Waals surface area contributed by atoms with Crippen molar-refractivity contribution >= 4 is 20.0 Å². The van der Waals surface area contributed by atoms with Crippen LogP contribution in [0.3, 0.4) is 0 Å². The molecule has 0 atom stereocenters. The fourth-order valence-electron chi connectivity index (χ4n) is 4.99. The summed E-state index contributed by atoms with van der Waals surface area (Å²) in [5.74, 6) is 0.757. The maximum Gasteiger partial charge on any atom is 0.243 e. The molecule has 2 aromatic rings. The molecule has 1 heterocycles. The van der Waals surface area contributed by atoms with Crippen molar-refractivity contribution in [2.75, 3.05) is 19.7 Å². The van der Waals surface area contributed by atoms with Gasteiger partial charge in [-0.05, 0) is 74.6 Å². The van der Waals surface area contributed by atoms with E-state index in [1.165, 1.54) is 28.6 Å². The molecule has 4 rings (SSSR count). The maximum absolute atomic E-state index is 13.7. The minimum atomic E-state index is -3.80. The number of nitrogens with zero attached hydrogens (tertiary/aromatic N) is 2. The van der Waals surface area contributed by atoms with Gasteiger partial charge in [0.1, 0.15) is 5.75 Å². The quantitative estimate of drug-likeness (QED) is 0.475. The predicted molar refractivity (Wildman–Crippen MR) is 136 cm³/mol. The Morgan fingerprint density at radius 2 is 1.37 bits per heavy atom. The van der Waals surface area contributed by atoms with Gasteiger partial charge in [0.25, 0.3) is 0 Å². The predicted octanol–water partition coefficient (Wildman–Crippen LogP) is 4.78. The Morgan fingerprint density at radius 3 is 1.94 bits per heavy atom. The fraction of sp³-hybridized carbons (Fsp3) is 0.538. The molecule has 1 saturated carbocycles. The van der Waals surface area contributed by atoms with Crippen LogP contribution in [0, 0.1) is 0 Å². The number of hydrogen-bond donors (Lipinski definition) is 0. The van der Waals surface area contributed by atoms with Gasteiger partial charge in [-0.3, -0.25) is 0 Å². The van der Waals surface area contributed by atoms with E-state index < -0.39 is 20.0 Å². The lowest BCUT2D eigenvalue weighted by molar-refractivity contribution is 0.315. The van der Waals surface area contributed by atoms with Crippen molar-refractivity contribution in [3.8, 4) is 5.75 Å². The van der Waals surface area contributed by atoms with Gasteiger partial charge in [-0.2, -0.15) is 8.61 Å². The van der Waals surface area contributed by atoms with Gasteiger partial charge in [-0.15, -0.1) is 0 Å². The standard InChI is InChI=1S/C26H36N2O5S2/c1-2-33-24-13-11-22(12-14-24)21-28(23-9-5-6-10-23)35(31,32)26-17-15-25(16-18-26)34(29,30)27-19-7-3-4-8-20-27/h11-18,23H,2-10,19-21H2,1H3. The Balaban J connectivity index is 1.58. The van der Waals surface area contributed by atoms with Crippen molar-refractivity contribution in [1.29, 1.82) is 0 Å². The summed E-state index contributed by atoms with van der Waals surface area (Å²) in [7, 11) is -7.43. The van der Waals surface area contributed by atoms with Crippen LogP contribution >= 0.6 is 0 Å². The monoisotopic (exact) mass is 520 g/mol. The van der Waals surface area contributed by atoms with E-state index in [2.05, 4.69) is 0 Å². The molecule has 0 aromatic heterocycles. The summed E-state index contributed by atoms with van der Waals surface area (Å²) in [6.45, 7) is 3.80. The van der Waals surface area contributed by atoms with Gasteiger partial charge >= 0.3 is 0 Å². The maximum atomic E-state index is 13.7. The van der Waals surface area contributed by atoms with Crippen LogP contribution in [0.15, 0.2) is 58.3 Å². The van der Waals surface area contributed by atoms with Crippen molar-refractivity contribution in [2.24, 2.45) is 0 Å². The number of sulfonamides is 2. The molecule has 0 radical (unpaired) electrons. The normalized spacial score (nSPS) is 18.6. The van der Waals surface area contributed by atoms with Crippen LogP contribution in [0.2, 0.25) is 0 Å². The Hall–Kier alpha value is -1.94. The van der Waals surface area contributed by atoms with Crippen LogP contribution in [-0.2, 0) is 26.6 Å². The molecular formula is C26H36N2O5S2. The molecule has 0 N–H and O–H groups in total. The van der Waals surface area contributed by atoms with Crippen LogP contribution in [0.5, 0.6) is 5.75 Å².